The van der Waals surface area contributed by atoms with E-state index in [-0.39, 0.29) is 15.8 Å². The molecule has 0 atom stereocenters. The van der Waals surface area contributed by atoms with Crippen molar-refractivity contribution in [2.45, 2.75) is 6.18 Å². The Balaban J connectivity index is 2.15. The van der Waals surface area contributed by atoms with Gasteiger partial charge < -0.3 is 10.6 Å². The highest BCUT2D eigenvalue weighted by atomic mass is 35.5. The molecule has 0 aliphatic heterocycles. The van der Waals surface area contributed by atoms with E-state index in [2.05, 4.69) is 10.6 Å². The number of halogens is 6. The van der Waals surface area contributed by atoms with Crippen LogP contribution in [0.2, 0.25) is 15.1 Å². The largest absolute Gasteiger partial charge is 0.416 e. The second-order valence-corrected chi connectivity index (χ2v) is 6.03. The number of hydrogen-bond acceptors (Lipinski definition) is 1. The SMILES string of the molecule is FC(F)(F)c1ccc(Cl)c(NC(=S)Nc2ccc(Cl)c(Cl)c2)c1. The molecular formula is C14H8Cl3F3N2S. The number of rotatable bonds is 2. The summed E-state index contributed by atoms with van der Waals surface area (Å²) >= 11 is 22.6. The Morgan fingerprint density at radius 1 is 0.870 bits per heavy atom. The van der Waals surface area contributed by atoms with E-state index in [1.165, 1.54) is 6.07 Å². The maximum Gasteiger partial charge on any atom is 0.416 e. The van der Waals surface area contributed by atoms with Crippen LogP contribution in [-0.2, 0) is 6.18 Å². The summed E-state index contributed by atoms with van der Waals surface area (Å²) in [6.45, 7) is 0. The van der Waals surface area contributed by atoms with Crippen LogP contribution in [0.15, 0.2) is 36.4 Å². The molecule has 0 aliphatic carbocycles. The van der Waals surface area contributed by atoms with Crippen molar-refractivity contribution < 1.29 is 13.2 Å². The molecule has 23 heavy (non-hydrogen) atoms. The van der Waals surface area contributed by atoms with Crippen molar-refractivity contribution in [3.8, 4) is 0 Å². The molecule has 9 heteroatoms. The van der Waals surface area contributed by atoms with E-state index in [4.69, 9.17) is 47.0 Å². The Hall–Kier alpha value is -1.21. The van der Waals surface area contributed by atoms with Crippen LogP contribution in [0.3, 0.4) is 0 Å². The smallest absolute Gasteiger partial charge is 0.332 e. The molecule has 0 aromatic heterocycles. The first-order chi connectivity index (χ1) is 10.7. The Bertz CT molecular complexity index is 751. The summed E-state index contributed by atoms with van der Waals surface area (Å²) in [5, 5.41) is 6.25. The third-order valence-electron chi connectivity index (χ3n) is 2.72. The van der Waals surface area contributed by atoms with Gasteiger partial charge in [-0.15, -0.1) is 0 Å². The molecule has 0 unspecified atom stereocenters. The van der Waals surface area contributed by atoms with Crippen LogP contribution in [0.5, 0.6) is 0 Å². The van der Waals surface area contributed by atoms with Gasteiger partial charge in [-0.25, -0.2) is 0 Å². The number of thiocarbonyl (C=S) groups is 1. The Kier molecular flexibility index (Phi) is 5.62. The predicted molar refractivity (Wildman–Crippen MR) is 92.8 cm³/mol. The lowest BCUT2D eigenvalue weighted by Crippen LogP contribution is -2.19. The first kappa shape index (κ1) is 18.1. The Morgan fingerprint density at radius 3 is 2.13 bits per heavy atom. The van der Waals surface area contributed by atoms with Gasteiger partial charge in [0.1, 0.15) is 0 Å². The van der Waals surface area contributed by atoms with Crippen LogP contribution in [0.4, 0.5) is 24.5 Å². The summed E-state index contributed by atoms with van der Waals surface area (Å²) in [6.07, 6.45) is -4.47. The fourth-order valence-corrected chi connectivity index (χ4v) is 2.35. The van der Waals surface area contributed by atoms with E-state index in [1.54, 1.807) is 12.1 Å². The fourth-order valence-electron chi connectivity index (χ4n) is 1.66. The topological polar surface area (TPSA) is 24.1 Å². The zero-order chi connectivity index (χ0) is 17.2. The number of hydrogen-bond donors (Lipinski definition) is 2. The molecule has 0 aliphatic rings. The summed E-state index contributed by atoms with van der Waals surface area (Å²) in [7, 11) is 0. The second-order valence-electron chi connectivity index (χ2n) is 4.40. The molecule has 0 radical (unpaired) electrons. The third kappa shape index (κ3) is 4.88. The third-order valence-corrected chi connectivity index (χ3v) is 3.99. The van der Waals surface area contributed by atoms with Gasteiger partial charge in [-0.3, -0.25) is 0 Å². The van der Waals surface area contributed by atoms with Crippen LogP contribution in [0.25, 0.3) is 0 Å². The molecule has 2 aromatic carbocycles. The highest BCUT2D eigenvalue weighted by Gasteiger charge is 2.31. The molecule has 0 saturated heterocycles. The van der Waals surface area contributed by atoms with Crippen LogP contribution in [0, 0.1) is 0 Å². The van der Waals surface area contributed by atoms with Crippen LogP contribution < -0.4 is 10.6 Å². The summed E-state index contributed by atoms with van der Waals surface area (Å²) in [5.41, 5.74) is -0.263. The normalized spacial score (nSPS) is 11.2. The lowest BCUT2D eigenvalue weighted by Gasteiger charge is -2.14. The van der Waals surface area contributed by atoms with Crippen LogP contribution in [0.1, 0.15) is 5.56 Å². The summed E-state index contributed by atoms with van der Waals surface area (Å²) in [5.74, 6) is 0. The zero-order valence-corrected chi connectivity index (χ0v) is 14.2. The highest BCUT2D eigenvalue weighted by molar-refractivity contribution is 7.80. The quantitative estimate of drug-likeness (QED) is 0.566. The van der Waals surface area contributed by atoms with E-state index in [0.717, 1.165) is 18.2 Å². The van der Waals surface area contributed by atoms with Gasteiger partial charge in [0, 0.05) is 5.69 Å². The molecule has 0 spiro atoms. The molecule has 2 rings (SSSR count). The van der Waals surface area contributed by atoms with Crippen molar-refractivity contribution in [1.82, 2.24) is 0 Å². The van der Waals surface area contributed by atoms with Gasteiger partial charge in [-0.05, 0) is 48.6 Å². The molecule has 122 valence electrons. The maximum absolute atomic E-state index is 12.7. The van der Waals surface area contributed by atoms with Gasteiger partial charge in [0.15, 0.2) is 5.11 Å². The van der Waals surface area contributed by atoms with Crippen LogP contribution >= 0.6 is 47.0 Å². The fraction of sp³-hybridized carbons (Fsp3) is 0.0714. The monoisotopic (exact) mass is 398 g/mol. The van der Waals surface area contributed by atoms with E-state index in [1.807, 2.05) is 0 Å². The van der Waals surface area contributed by atoms with Crippen molar-refractivity contribution in [1.29, 1.82) is 0 Å². The second kappa shape index (κ2) is 7.13. The molecule has 0 bridgehead atoms. The number of alkyl halides is 3. The number of anilines is 2. The molecule has 0 fully saturated rings. The standard InChI is InChI=1S/C14H8Cl3F3N2S/c15-9-4-2-8(6-11(9)17)21-13(23)22-12-5-7(14(18,19)20)1-3-10(12)16/h1-6H,(H2,21,22,23). The molecule has 2 N–H and O–H groups in total. The van der Waals surface area contributed by atoms with Gasteiger partial charge in [-0.1, -0.05) is 34.8 Å². The first-order valence-corrected chi connectivity index (χ1v) is 7.61. The maximum atomic E-state index is 12.7. The van der Waals surface area contributed by atoms with Gasteiger partial charge in [0.25, 0.3) is 0 Å². The van der Waals surface area contributed by atoms with Crippen molar-refractivity contribution >= 4 is 63.5 Å². The Labute approximate surface area is 150 Å². The molecule has 0 amide bonds. The minimum Gasteiger partial charge on any atom is -0.332 e. The Morgan fingerprint density at radius 2 is 1.52 bits per heavy atom. The van der Waals surface area contributed by atoms with E-state index < -0.39 is 11.7 Å². The van der Waals surface area contributed by atoms with Gasteiger partial charge >= 0.3 is 6.18 Å². The lowest BCUT2D eigenvalue weighted by molar-refractivity contribution is -0.137. The minimum atomic E-state index is -4.47. The number of benzene rings is 2. The van der Waals surface area contributed by atoms with E-state index >= 15 is 0 Å². The molecule has 0 heterocycles. The average molecular weight is 400 g/mol. The van der Waals surface area contributed by atoms with Gasteiger partial charge in [0.05, 0.1) is 26.3 Å². The summed E-state index contributed by atoms with van der Waals surface area (Å²) in [4.78, 5) is 0. The molecule has 0 saturated carbocycles. The highest BCUT2D eigenvalue weighted by Crippen LogP contribution is 2.34. The van der Waals surface area contributed by atoms with Crippen molar-refractivity contribution in [2.24, 2.45) is 0 Å². The molecular weight excluding hydrogens is 392 g/mol. The van der Waals surface area contributed by atoms with Gasteiger partial charge in [-0.2, -0.15) is 13.2 Å². The van der Waals surface area contributed by atoms with E-state index in [9.17, 15) is 13.2 Å². The lowest BCUT2D eigenvalue weighted by atomic mass is 10.2. The van der Waals surface area contributed by atoms with E-state index in [0.29, 0.717) is 15.7 Å². The molecule has 2 nitrogen and oxygen atoms in total. The van der Waals surface area contributed by atoms with Crippen molar-refractivity contribution in [3.63, 3.8) is 0 Å². The average Bonchev–Trinajstić information content (AvgIpc) is 2.44. The summed E-state index contributed by atoms with van der Waals surface area (Å²) in [6, 6.07) is 7.64. The number of nitrogens with one attached hydrogen (secondary N) is 2. The summed E-state index contributed by atoms with van der Waals surface area (Å²) < 4.78 is 38.2. The van der Waals surface area contributed by atoms with Gasteiger partial charge in [0.2, 0.25) is 0 Å². The van der Waals surface area contributed by atoms with Crippen molar-refractivity contribution in [2.75, 3.05) is 10.6 Å². The molecule has 2 aromatic rings. The van der Waals surface area contributed by atoms with Crippen LogP contribution in [-0.4, -0.2) is 5.11 Å². The zero-order valence-electron chi connectivity index (χ0n) is 11.1. The first-order valence-electron chi connectivity index (χ1n) is 6.06. The predicted octanol–water partition coefficient (Wildman–Crippen LogP) is 6.47. The minimum absolute atomic E-state index is 0.0408. The van der Waals surface area contributed by atoms with Crippen molar-refractivity contribution in [3.05, 3.63) is 57.0 Å².